The van der Waals surface area contributed by atoms with E-state index in [9.17, 15) is 0 Å². The lowest BCUT2D eigenvalue weighted by Crippen LogP contribution is -1.97. The number of anilines is 2. The van der Waals surface area contributed by atoms with Gasteiger partial charge in [-0.25, -0.2) is 19.9 Å². The molecule has 0 unspecified atom stereocenters. The van der Waals surface area contributed by atoms with Gasteiger partial charge in [-0.1, -0.05) is 24.3 Å². The Bertz CT molecular complexity index is 979. The fourth-order valence-corrected chi connectivity index (χ4v) is 3.01. The summed E-state index contributed by atoms with van der Waals surface area (Å²) < 4.78 is 0. The summed E-state index contributed by atoms with van der Waals surface area (Å²) in [5.74, 6) is 2.14. The summed E-state index contributed by atoms with van der Waals surface area (Å²) in [6, 6.07) is 12.0. The molecule has 3 heterocycles. The number of fused-ring (bicyclic) bond motifs is 1. The van der Waals surface area contributed by atoms with Gasteiger partial charge in [-0.2, -0.15) is 0 Å². The Kier molecular flexibility index (Phi) is 3.44. The Morgan fingerprint density at radius 2 is 1.78 bits per heavy atom. The van der Waals surface area contributed by atoms with Crippen molar-refractivity contribution in [2.45, 2.75) is 6.92 Å². The van der Waals surface area contributed by atoms with Crippen LogP contribution in [-0.2, 0) is 0 Å². The van der Waals surface area contributed by atoms with Gasteiger partial charge in [0, 0.05) is 24.0 Å². The minimum atomic E-state index is 0.668. The van der Waals surface area contributed by atoms with E-state index >= 15 is 0 Å². The molecule has 5 nitrogen and oxygen atoms in total. The summed E-state index contributed by atoms with van der Waals surface area (Å²) in [7, 11) is 0. The van der Waals surface area contributed by atoms with Crippen molar-refractivity contribution in [1.82, 2.24) is 19.9 Å². The number of nitrogens with zero attached hydrogens (tertiary/aromatic N) is 4. The fourth-order valence-electron chi connectivity index (χ4n) is 2.29. The Balaban J connectivity index is 1.65. The lowest BCUT2D eigenvalue weighted by atomic mass is 10.2. The number of benzene rings is 1. The van der Waals surface area contributed by atoms with Crippen molar-refractivity contribution < 1.29 is 0 Å². The third-order valence-corrected chi connectivity index (χ3v) is 4.29. The molecule has 0 atom stereocenters. The summed E-state index contributed by atoms with van der Waals surface area (Å²) in [4.78, 5) is 18.5. The van der Waals surface area contributed by atoms with Gasteiger partial charge in [0.05, 0.1) is 9.88 Å². The van der Waals surface area contributed by atoms with Crippen molar-refractivity contribution >= 4 is 33.7 Å². The van der Waals surface area contributed by atoms with Crippen LogP contribution >= 0.6 is 11.3 Å². The Morgan fingerprint density at radius 1 is 0.913 bits per heavy atom. The fraction of sp³-hybridized carbons (Fsp3) is 0.0588. The Hall–Kier alpha value is -2.86. The first-order valence-electron chi connectivity index (χ1n) is 7.15. The molecule has 23 heavy (non-hydrogen) atoms. The standard InChI is InChI=1S/C17H13N5S/c1-11-19-10-14(23-11)17-18-7-6-15(22-17)21-16-8-12-4-2-3-5-13(12)9-20-16/h2-10H,1H3,(H,18,20,21,22). The molecule has 6 heteroatoms. The quantitative estimate of drug-likeness (QED) is 0.613. The first-order chi connectivity index (χ1) is 11.3. The van der Waals surface area contributed by atoms with Crippen LogP contribution in [0.1, 0.15) is 5.01 Å². The predicted octanol–water partition coefficient (Wildman–Crippen LogP) is 4.20. The zero-order chi connectivity index (χ0) is 15.6. The van der Waals surface area contributed by atoms with Crippen LogP contribution in [0.25, 0.3) is 21.5 Å². The minimum Gasteiger partial charge on any atom is -0.325 e. The van der Waals surface area contributed by atoms with Gasteiger partial charge in [0.25, 0.3) is 0 Å². The molecule has 1 N–H and O–H groups in total. The van der Waals surface area contributed by atoms with Gasteiger partial charge >= 0.3 is 0 Å². The van der Waals surface area contributed by atoms with Gasteiger partial charge in [0.1, 0.15) is 11.6 Å². The lowest BCUT2D eigenvalue weighted by Gasteiger charge is -2.06. The van der Waals surface area contributed by atoms with Gasteiger partial charge in [0.2, 0.25) is 0 Å². The van der Waals surface area contributed by atoms with Crippen LogP contribution in [0.4, 0.5) is 11.6 Å². The van der Waals surface area contributed by atoms with E-state index in [4.69, 9.17) is 0 Å². The highest BCUT2D eigenvalue weighted by molar-refractivity contribution is 7.14. The topological polar surface area (TPSA) is 63.6 Å². The largest absolute Gasteiger partial charge is 0.325 e. The first-order valence-corrected chi connectivity index (χ1v) is 7.97. The molecule has 0 fully saturated rings. The number of rotatable bonds is 3. The number of aryl methyl sites for hydroxylation is 1. The molecule has 0 bridgehead atoms. The number of hydrogen-bond donors (Lipinski definition) is 1. The number of thiazole rings is 1. The summed E-state index contributed by atoms with van der Waals surface area (Å²) in [6.45, 7) is 1.97. The van der Waals surface area contributed by atoms with Crippen LogP contribution in [0.3, 0.4) is 0 Å². The maximum absolute atomic E-state index is 4.54. The van der Waals surface area contributed by atoms with Gasteiger partial charge < -0.3 is 5.32 Å². The van der Waals surface area contributed by atoms with Crippen molar-refractivity contribution in [1.29, 1.82) is 0 Å². The minimum absolute atomic E-state index is 0.668. The maximum Gasteiger partial charge on any atom is 0.173 e. The smallest absolute Gasteiger partial charge is 0.173 e. The average Bonchev–Trinajstić information content (AvgIpc) is 3.02. The van der Waals surface area contributed by atoms with E-state index in [1.807, 2.05) is 43.5 Å². The monoisotopic (exact) mass is 319 g/mol. The van der Waals surface area contributed by atoms with Gasteiger partial charge in [-0.3, -0.25) is 0 Å². The van der Waals surface area contributed by atoms with Crippen molar-refractivity contribution in [3.63, 3.8) is 0 Å². The first kappa shape index (κ1) is 13.8. The normalized spacial score (nSPS) is 10.8. The second-order valence-corrected chi connectivity index (χ2v) is 6.29. The molecule has 112 valence electrons. The number of nitrogens with one attached hydrogen (secondary N) is 1. The van der Waals surface area contributed by atoms with Crippen molar-refractivity contribution in [2.75, 3.05) is 5.32 Å². The SMILES string of the molecule is Cc1ncc(-c2nccc(Nc3cc4ccccc4cn3)n2)s1. The molecule has 1 aromatic carbocycles. The maximum atomic E-state index is 4.54. The van der Waals surface area contributed by atoms with Crippen LogP contribution < -0.4 is 5.32 Å². The number of pyridine rings is 1. The highest BCUT2D eigenvalue weighted by Gasteiger charge is 2.07. The third kappa shape index (κ3) is 2.89. The van der Waals surface area contributed by atoms with E-state index in [0.717, 1.165) is 26.5 Å². The molecule has 4 aromatic rings. The van der Waals surface area contributed by atoms with Crippen LogP contribution in [0, 0.1) is 6.92 Å². The number of aromatic nitrogens is 4. The Morgan fingerprint density at radius 3 is 2.61 bits per heavy atom. The molecule has 0 saturated heterocycles. The van der Waals surface area contributed by atoms with Crippen molar-refractivity contribution in [3.05, 3.63) is 60.0 Å². The molecular weight excluding hydrogens is 306 g/mol. The second kappa shape index (κ2) is 5.73. The van der Waals surface area contributed by atoms with Gasteiger partial charge in [0.15, 0.2) is 5.82 Å². The lowest BCUT2D eigenvalue weighted by molar-refractivity contribution is 1.17. The van der Waals surface area contributed by atoms with Gasteiger partial charge in [-0.05, 0) is 24.4 Å². The van der Waals surface area contributed by atoms with Crippen LogP contribution in [0.2, 0.25) is 0 Å². The molecule has 0 radical (unpaired) electrons. The molecule has 0 amide bonds. The van der Waals surface area contributed by atoms with Gasteiger partial charge in [-0.15, -0.1) is 11.3 Å². The predicted molar refractivity (Wildman–Crippen MR) is 92.9 cm³/mol. The molecule has 0 saturated carbocycles. The van der Waals surface area contributed by atoms with E-state index in [2.05, 4.69) is 31.3 Å². The van der Waals surface area contributed by atoms with Crippen LogP contribution in [-0.4, -0.2) is 19.9 Å². The molecule has 3 aromatic heterocycles. The van der Waals surface area contributed by atoms with Crippen molar-refractivity contribution in [2.24, 2.45) is 0 Å². The average molecular weight is 319 g/mol. The van der Waals surface area contributed by atoms with E-state index < -0.39 is 0 Å². The summed E-state index contributed by atoms with van der Waals surface area (Å²) in [6.07, 6.45) is 5.39. The summed E-state index contributed by atoms with van der Waals surface area (Å²) in [5.41, 5.74) is 0. The van der Waals surface area contributed by atoms with E-state index in [1.165, 1.54) is 0 Å². The third-order valence-electron chi connectivity index (χ3n) is 3.38. The molecule has 4 rings (SSSR count). The zero-order valence-electron chi connectivity index (χ0n) is 12.4. The molecule has 0 aliphatic heterocycles. The molecular formula is C17H13N5S. The Labute approximate surface area is 137 Å². The highest BCUT2D eigenvalue weighted by Crippen LogP contribution is 2.24. The molecule has 0 aliphatic carbocycles. The number of hydrogen-bond acceptors (Lipinski definition) is 6. The highest BCUT2D eigenvalue weighted by atomic mass is 32.1. The van der Waals surface area contributed by atoms with Crippen LogP contribution in [0.15, 0.2) is 55.0 Å². The molecule has 0 spiro atoms. The van der Waals surface area contributed by atoms with Crippen LogP contribution in [0.5, 0.6) is 0 Å². The summed E-state index contributed by atoms with van der Waals surface area (Å²) >= 11 is 1.58. The second-order valence-electron chi connectivity index (χ2n) is 5.05. The summed E-state index contributed by atoms with van der Waals surface area (Å²) in [5, 5.41) is 6.48. The zero-order valence-corrected chi connectivity index (χ0v) is 13.2. The van der Waals surface area contributed by atoms with E-state index in [0.29, 0.717) is 11.6 Å². The van der Waals surface area contributed by atoms with E-state index in [-0.39, 0.29) is 0 Å². The van der Waals surface area contributed by atoms with E-state index in [1.54, 1.807) is 23.7 Å². The van der Waals surface area contributed by atoms with Crippen molar-refractivity contribution in [3.8, 4) is 10.7 Å². The molecule has 0 aliphatic rings.